The summed E-state index contributed by atoms with van der Waals surface area (Å²) >= 11 is 5.03. The minimum atomic E-state index is -0.415. The molecule has 0 amide bonds. The minimum Gasteiger partial charge on any atom is -0.392 e. The van der Waals surface area contributed by atoms with Crippen LogP contribution in [0.1, 0.15) is 5.82 Å². The van der Waals surface area contributed by atoms with Crippen molar-refractivity contribution in [1.82, 2.24) is 14.8 Å². The lowest BCUT2D eigenvalue weighted by molar-refractivity contribution is 0.196. The Morgan fingerprint density at radius 1 is 1.39 bits per heavy atom. The summed E-state index contributed by atoms with van der Waals surface area (Å²) in [4.78, 5) is 5.25. The van der Waals surface area contributed by atoms with E-state index in [2.05, 4.69) is 26.0 Å². The van der Waals surface area contributed by atoms with Crippen molar-refractivity contribution < 1.29 is 5.11 Å². The van der Waals surface area contributed by atoms with Crippen molar-refractivity contribution in [1.29, 1.82) is 0 Å². The third-order valence-corrected chi connectivity index (χ3v) is 4.16. The molecule has 1 aromatic carbocycles. The van der Waals surface area contributed by atoms with Crippen LogP contribution in [0.5, 0.6) is 0 Å². The lowest BCUT2D eigenvalue weighted by atomic mass is 10.3. The van der Waals surface area contributed by atoms with Gasteiger partial charge in [0.15, 0.2) is 0 Å². The van der Waals surface area contributed by atoms with Crippen LogP contribution in [-0.4, -0.2) is 31.7 Å². The zero-order valence-corrected chi connectivity index (χ0v) is 12.4. The highest BCUT2D eigenvalue weighted by atomic mass is 79.9. The molecule has 4 nitrogen and oxygen atoms in total. The standard InChI is InChI=1S/C12H14BrN3OS/c1-16-12(14-8-15-16)6-10(17)7-18-11-4-2-9(13)3-5-11/h2-5,8,10,17H,6-7H2,1H3. The van der Waals surface area contributed by atoms with E-state index in [1.807, 2.05) is 31.3 Å². The highest BCUT2D eigenvalue weighted by Gasteiger charge is 2.10. The van der Waals surface area contributed by atoms with E-state index in [0.717, 1.165) is 15.2 Å². The smallest absolute Gasteiger partial charge is 0.138 e. The van der Waals surface area contributed by atoms with Crippen LogP contribution in [0.2, 0.25) is 0 Å². The van der Waals surface area contributed by atoms with Crippen molar-refractivity contribution in [3.8, 4) is 0 Å². The van der Waals surface area contributed by atoms with E-state index in [9.17, 15) is 5.11 Å². The highest BCUT2D eigenvalue weighted by molar-refractivity contribution is 9.10. The number of aromatic nitrogens is 3. The van der Waals surface area contributed by atoms with E-state index in [4.69, 9.17) is 0 Å². The maximum Gasteiger partial charge on any atom is 0.138 e. The van der Waals surface area contributed by atoms with Gasteiger partial charge in [-0.3, -0.25) is 4.68 Å². The summed E-state index contributed by atoms with van der Waals surface area (Å²) in [6.07, 6.45) is 1.62. The summed E-state index contributed by atoms with van der Waals surface area (Å²) in [7, 11) is 1.83. The summed E-state index contributed by atoms with van der Waals surface area (Å²) in [6.45, 7) is 0. The maximum absolute atomic E-state index is 9.95. The van der Waals surface area contributed by atoms with Crippen molar-refractivity contribution in [3.05, 3.63) is 40.9 Å². The minimum absolute atomic E-state index is 0.415. The van der Waals surface area contributed by atoms with Gasteiger partial charge in [-0.05, 0) is 24.3 Å². The van der Waals surface area contributed by atoms with Gasteiger partial charge < -0.3 is 5.11 Å². The van der Waals surface area contributed by atoms with Gasteiger partial charge in [-0.25, -0.2) is 4.98 Å². The molecule has 1 N–H and O–H groups in total. The second-order valence-electron chi connectivity index (χ2n) is 3.92. The Kier molecular flexibility index (Phi) is 4.79. The molecule has 2 aromatic rings. The van der Waals surface area contributed by atoms with E-state index in [1.165, 1.54) is 6.33 Å². The molecule has 18 heavy (non-hydrogen) atoms. The van der Waals surface area contributed by atoms with Crippen LogP contribution in [0.3, 0.4) is 0 Å². The zero-order valence-electron chi connectivity index (χ0n) is 9.95. The second kappa shape index (κ2) is 6.36. The lowest BCUT2D eigenvalue weighted by Gasteiger charge is -2.09. The topological polar surface area (TPSA) is 50.9 Å². The molecule has 1 atom stereocenters. The Morgan fingerprint density at radius 2 is 2.11 bits per heavy atom. The monoisotopic (exact) mass is 327 g/mol. The Labute approximate surface area is 119 Å². The molecular formula is C12H14BrN3OS. The number of hydrogen-bond donors (Lipinski definition) is 1. The number of nitrogens with zero attached hydrogens (tertiary/aromatic N) is 3. The van der Waals surface area contributed by atoms with Crippen LogP contribution in [0.15, 0.2) is 40.0 Å². The molecule has 0 fully saturated rings. The van der Waals surface area contributed by atoms with Gasteiger partial charge in [0.2, 0.25) is 0 Å². The van der Waals surface area contributed by atoms with Gasteiger partial charge in [-0.15, -0.1) is 11.8 Å². The van der Waals surface area contributed by atoms with Gasteiger partial charge in [0.05, 0.1) is 6.10 Å². The molecule has 0 spiro atoms. The van der Waals surface area contributed by atoms with Crippen LogP contribution in [0.4, 0.5) is 0 Å². The number of aryl methyl sites for hydroxylation is 1. The normalized spacial score (nSPS) is 12.6. The van der Waals surface area contributed by atoms with Gasteiger partial charge in [-0.2, -0.15) is 5.10 Å². The summed E-state index contributed by atoms with van der Waals surface area (Å²) in [5.41, 5.74) is 0. The molecule has 0 aliphatic heterocycles. The zero-order chi connectivity index (χ0) is 13.0. The van der Waals surface area contributed by atoms with Crippen molar-refractivity contribution in [2.75, 3.05) is 5.75 Å². The number of thioether (sulfide) groups is 1. The molecule has 96 valence electrons. The summed E-state index contributed by atoms with van der Waals surface area (Å²) in [6, 6.07) is 8.06. The fourth-order valence-electron chi connectivity index (χ4n) is 1.50. The summed E-state index contributed by atoms with van der Waals surface area (Å²) < 4.78 is 2.75. The number of benzene rings is 1. The van der Waals surface area contributed by atoms with Crippen LogP contribution < -0.4 is 0 Å². The van der Waals surface area contributed by atoms with Gasteiger partial charge in [0, 0.05) is 28.6 Å². The first kappa shape index (κ1) is 13.6. The van der Waals surface area contributed by atoms with E-state index in [-0.39, 0.29) is 0 Å². The number of rotatable bonds is 5. The van der Waals surface area contributed by atoms with Crippen molar-refractivity contribution in [3.63, 3.8) is 0 Å². The third kappa shape index (κ3) is 3.83. The predicted octanol–water partition coefficient (Wildman–Crippen LogP) is 2.27. The molecule has 6 heteroatoms. The highest BCUT2D eigenvalue weighted by Crippen LogP contribution is 2.21. The number of aliphatic hydroxyl groups excluding tert-OH is 1. The maximum atomic E-state index is 9.95. The third-order valence-electron chi connectivity index (χ3n) is 2.48. The molecule has 1 heterocycles. The molecule has 2 rings (SSSR count). The predicted molar refractivity (Wildman–Crippen MR) is 75.6 cm³/mol. The van der Waals surface area contributed by atoms with Crippen LogP contribution in [0.25, 0.3) is 0 Å². The average Bonchev–Trinajstić information content (AvgIpc) is 2.74. The Hall–Kier alpha value is -0.850. The largest absolute Gasteiger partial charge is 0.392 e. The Morgan fingerprint density at radius 3 is 2.72 bits per heavy atom. The SMILES string of the molecule is Cn1ncnc1CC(O)CSc1ccc(Br)cc1. The van der Waals surface area contributed by atoms with Crippen molar-refractivity contribution >= 4 is 27.7 Å². The number of aliphatic hydroxyl groups is 1. The van der Waals surface area contributed by atoms with E-state index < -0.39 is 6.10 Å². The fraction of sp³-hybridized carbons (Fsp3) is 0.333. The first-order valence-electron chi connectivity index (χ1n) is 5.54. The molecule has 1 unspecified atom stereocenters. The van der Waals surface area contributed by atoms with Gasteiger partial charge in [-0.1, -0.05) is 15.9 Å². The van der Waals surface area contributed by atoms with Gasteiger partial charge in [0.25, 0.3) is 0 Å². The number of halogens is 1. The molecule has 0 radical (unpaired) electrons. The van der Waals surface area contributed by atoms with E-state index in [0.29, 0.717) is 12.2 Å². The van der Waals surface area contributed by atoms with Crippen molar-refractivity contribution in [2.45, 2.75) is 17.4 Å². The van der Waals surface area contributed by atoms with Crippen LogP contribution >= 0.6 is 27.7 Å². The molecule has 0 saturated heterocycles. The molecule has 0 saturated carbocycles. The van der Waals surface area contributed by atoms with Gasteiger partial charge >= 0.3 is 0 Å². The van der Waals surface area contributed by atoms with E-state index in [1.54, 1.807) is 16.4 Å². The quantitative estimate of drug-likeness (QED) is 0.856. The Balaban J connectivity index is 1.83. The summed E-state index contributed by atoms with van der Waals surface area (Å²) in [5.74, 6) is 1.45. The number of hydrogen-bond acceptors (Lipinski definition) is 4. The van der Waals surface area contributed by atoms with Crippen LogP contribution in [0, 0.1) is 0 Å². The first-order valence-corrected chi connectivity index (χ1v) is 7.32. The van der Waals surface area contributed by atoms with Crippen LogP contribution in [-0.2, 0) is 13.5 Å². The summed E-state index contributed by atoms with van der Waals surface area (Å²) in [5, 5.41) is 13.9. The van der Waals surface area contributed by atoms with E-state index >= 15 is 0 Å². The molecule has 0 aliphatic rings. The molecule has 0 bridgehead atoms. The molecule has 1 aromatic heterocycles. The first-order chi connectivity index (χ1) is 8.65. The lowest BCUT2D eigenvalue weighted by Crippen LogP contribution is -2.16. The Bertz CT molecular complexity index is 500. The second-order valence-corrected chi connectivity index (χ2v) is 5.93. The van der Waals surface area contributed by atoms with Gasteiger partial charge in [0.1, 0.15) is 12.2 Å². The average molecular weight is 328 g/mol. The molecule has 0 aliphatic carbocycles. The van der Waals surface area contributed by atoms with Crippen molar-refractivity contribution in [2.24, 2.45) is 7.05 Å². The molecular weight excluding hydrogens is 314 g/mol. The fourth-order valence-corrected chi connectivity index (χ4v) is 2.59.